The first-order chi connectivity index (χ1) is 11.9. The summed E-state index contributed by atoms with van der Waals surface area (Å²) in [6.07, 6.45) is 9.06. The molecule has 1 aliphatic heterocycles. The lowest BCUT2D eigenvalue weighted by Gasteiger charge is -2.41. The number of aliphatic carboxylic acids is 1. The molecule has 6 heteroatoms. The zero-order valence-corrected chi connectivity index (χ0v) is 18.1. The monoisotopic (exact) mass is 384 g/mol. The number of aliphatic hydroxyl groups is 1. The predicted molar refractivity (Wildman–Crippen MR) is 107 cm³/mol. The highest BCUT2D eigenvalue weighted by Gasteiger charge is 2.41. The third-order valence-corrected chi connectivity index (χ3v) is 9.59. The van der Waals surface area contributed by atoms with Crippen molar-refractivity contribution in [2.75, 3.05) is 0 Å². The molecule has 150 valence electrons. The second-order valence-electron chi connectivity index (χ2n) is 8.67. The maximum Gasteiger partial charge on any atom is 0.306 e. The highest BCUT2D eigenvalue weighted by molar-refractivity contribution is 6.74. The van der Waals surface area contributed by atoms with Crippen LogP contribution in [0.3, 0.4) is 0 Å². The maximum absolute atomic E-state index is 11.3. The zero-order chi connectivity index (χ0) is 20.0. The fraction of sp³-hybridized carbons (Fsp3) is 0.750. The summed E-state index contributed by atoms with van der Waals surface area (Å²) in [4.78, 5) is 11.3. The van der Waals surface area contributed by atoms with Crippen molar-refractivity contribution in [1.29, 1.82) is 0 Å². The van der Waals surface area contributed by atoms with E-state index in [1.165, 1.54) is 0 Å². The third-order valence-electron chi connectivity index (χ3n) is 5.12. The van der Waals surface area contributed by atoms with E-state index in [1.807, 2.05) is 24.3 Å². The van der Waals surface area contributed by atoms with Gasteiger partial charge in [-0.3, -0.25) is 4.79 Å². The molecule has 1 rings (SSSR count). The first-order valence-electron chi connectivity index (χ1n) is 9.50. The average Bonchev–Trinajstić information content (AvgIpc) is 2.47. The second kappa shape index (κ2) is 9.83. The molecule has 0 unspecified atom stereocenters. The van der Waals surface area contributed by atoms with Gasteiger partial charge in [0.1, 0.15) is 0 Å². The summed E-state index contributed by atoms with van der Waals surface area (Å²) in [6.45, 7) is 12.6. The summed E-state index contributed by atoms with van der Waals surface area (Å²) < 4.78 is 12.4. The molecule has 0 saturated carbocycles. The van der Waals surface area contributed by atoms with E-state index in [2.05, 4.69) is 33.9 Å². The SMILES string of the molecule is C[C@H](O)CCC/C=C/[C@H]1C=C[C@H](O[Si](C)(C)C(C)(C)C)[C@H](CC(=O)O)O1. The minimum absolute atomic E-state index is 0.0508. The molecule has 0 amide bonds. The Balaban J connectivity index is 2.74. The van der Waals surface area contributed by atoms with Crippen LogP contribution in [0.2, 0.25) is 18.1 Å². The Morgan fingerprint density at radius 3 is 2.54 bits per heavy atom. The molecule has 0 aromatic rings. The molecule has 5 nitrogen and oxygen atoms in total. The molecule has 0 aromatic carbocycles. The van der Waals surface area contributed by atoms with Crippen LogP contribution in [0.15, 0.2) is 24.3 Å². The van der Waals surface area contributed by atoms with E-state index < -0.39 is 20.4 Å². The van der Waals surface area contributed by atoms with E-state index in [1.54, 1.807) is 6.92 Å². The lowest BCUT2D eigenvalue weighted by atomic mass is 10.1. The molecule has 0 spiro atoms. The van der Waals surface area contributed by atoms with Crippen LogP contribution in [0.25, 0.3) is 0 Å². The van der Waals surface area contributed by atoms with Gasteiger partial charge in [0.15, 0.2) is 8.32 Å². The number of carboxylic acid groups (broad SMARTS) is 1. The van der Waals surface area contributed by atoms with E-state index in [4.69, 9.17) is 9.16 Å². The number of allylic oxidation sites excluding steroid dienone is 1. The molecule has 0 saturated heterocycles. The molecule has 0 bridgehead atoms. The van der Waals surface area contributed by atoms with E-state index in [0.29, 0.717) is 0 Å². The normalized spacial score (nSPS) is 25.6. The fourth-order valence-corrected chi connectivity index (χ4v) is 3.77. The largest absolute Gasteiger partial charge is 0.481 e. The molecule has 0 radical (unpaired) electrons. The maximum atomic E-state index is 11.3. The lowest BCUT2D eigenvalue weighted by molar-refractivity contribution is -0.143. The Morgan fingerprint density at radius 2 is 2.00 bits per heavy atom. The summed E-state index contributed by atoms with van der Waals surface area (Å²) >= 11 is 0. The van der Waals surface area contributed by atoms with E-state index in [0.717, 1.165) is 19.3 Å². The predicted octanol–water partition coefficient (Wildman–Crippen LogP) is 4.28. The molecular weight excluding hydrogens is 348 g/mol. The van der Waals surface area contributed by atoms with Crippen LogP contribution >= 0.6 is 0 Å². The average molecular weight is 385 g/mol. The van der Waals surface area contributed by atoms with Gasteiger partial charge in [0, 0.05) is 0 Å². The van der Waals surface area contributed by atoms with Gasteiger partial charge in [-0.05, 0) is 44.3 Å². The first kappa shape index (κ1) is 23.1. The van der Waals surface area contributed by atoms with Crippen molar-refractivity contribution in [1.82, 2.24) is 0 Å². The summed E-state index contributed by atoms with van der Waals surface area (Å²) in [7, 11) is -2.02. The molecule has 0 aliphatic carbocycles. The Hall–Kier alpha value is -0.953. The number of aliphatic hydroxyl groups excluding tert-OH is 1. The highest BCUT2D eigenvalue weighted by atomic mass is 28.4. The topological polar surface area (TPSA) is 76.0 Å². The standard InChI is InChI=1S/C20H36O5Si/c1-15(21)10-8-7-9-11-16-12-13-17(18(24-16)14-19(22)23)25-26(5,6)20(2,3)4/h9,11-13,15-18,21H,7-8,10,14H2,1-6H3,(H,22,23)/b11-9+/t15-,16-,17-,18-/m0/s1. The molecular formula is C20H36O5Si. The van der Waals surface area contributed by atoms with Crippen LogP contribution in [0.5, 0.6) is 0 Å². The number of unbranched alkanes of at least 4 members (excludes halogenated alkanes) is 1. The van der Waals surface area contributed by atoms with Gasteiger partial charge in [-0.25, -0.2) is 0 Å². The minimum Gasteiger partial charge on any atom is -0.481 e. The van der Waals surface area contributed by atoms with Gasteiger partial charge in [-0.15, -0.1) is 0 Å². The van der Waals surface area contributed by atoms with Crippen molar-refractivity contribution >= 4 is 14.3 Å². The molecule has 0 fully saturated rings. The number of carbonyl (C=O) groups is 1. The third kappa shape index (κ3) is 7.74. The van der Waals surface area contributed by atoms with Gasteiger partial charge < -0.3 is 19.4 Å². The van der Waals surface area contributed by atoms with Crippen LogP contribution in [0.4, 0.5) is 0 Å². The number of hydrogen-bond donors (Lipinski definition) is 2. The molecule has 2 N–H and O–H groups in total. The Morgan fingerprint density at radius 1 is 1.35 bits per heavy atom. The number of carboxylic acids is 1. The van der Waals surface area contributed by atoms with Gasteiger partial charge in [0.05, 0.1) is 30.8 Å². The molecule has 26 heavy (non-hydrogen) atoms. The number of rotatable bonds is 9. The van der Waals surface area contributed by atoms with Crippen molar-refractivity contribution < 1.29 is 24.2 Å². The van der Waals surface area contributed by atoms with E-state index in [-0.39, 0.29) is 29.8 Å². The van der Waals surface area contributed by atoms with Crippen LogP contribution in [0, 0.1) is 0 Å². The van der Waals surface area contributed by atoms with E-state index >= 15 is 0 Å². The summed E-state index contributed by atoms with van der Waals surface area (Å²) in [5.41, 5.74) is 0. The van der Waals surface area contributed by atoms with Gasteiger partial charge >= 0.3 is 5.97 Å². The van der Waals surface area contributed by atoms with Gasteiger partial charge in [-0.1, -0.05) is 45.1 Å². The Bertz CT molecular complexity index is 505. The van der Waals surface area contributed by atoms with Crippen molar-refractivity contribution in [2.24, 2.45) is 0 Å². The van der Waals surface area contributed by atoms with Crippen LogP contribution in [-0.4, -0.2) is 48.9 Å². The smallest absolute Gasteiger partial charge is 0.306 e. The highest BCUT2D eigenvalue weighted by Crippen LogP contribution is 2.38. The van der Waals surface area contributed by atoms with Gasteiger partial charge in [-0.2, -0.15) is 0 Å². The lowest BCUT2D eigenvalue weighted by Crippen LogP contribution is -2.49. The van der Waals surface area contributed by atoms with Crippen LogP contribution in [0.1, 0.15) is 53.4 Å². The summed E-state index contributed by atoms with van der Waals surface area (Å²) in [5.74, 6) is -0.881. The van der Waals surface area contributed by atoms with Crippen molar-refractivity contribution in [3.8, 4) is 0 Å². The summed E-state index contributed by atoms with van der Waals surface area (Å²) in [5, 5.41) is 18.6. The first-order valence-corrected chi connectivity index (χ1v) is 12.4. The minimum atomic E-state index is -2.02. The Kier molecular flexibility index (Phi) is 8.73. The molecule has 1 aliphatic rings. The zero-order valence-electron chi connectivity index (χ0n) is 17.1. The quantitative estimate of drug-likeness (QED) is 0.352. The number of ether oxygens (including phenoxy) is 1. The van der Waals surface area contributed by atoms with Crippen LogP contribution in [-0.2, 0) is 14.0 Å². The van der Waals surface area contributed by atoms with E-state index in [9.17, 15) is 15.0 Å². The van der Waals surface area contributed by atoms with Crippen LogP contribution < -0.4 is 0 Å². The summed E-state index contributed by atoms with van der Waals surface area (Å²) in [6, 6.07) is 0. The number of hydrogen-bond acceptors (Lipinski definition) is 4. The molecule has 4 atom stereocenters. The van der Waals surface area contributed by atoms with Gasteiger partial charge in [0.25, 0.3) is 0 Å². The van der Waals surface area contributed by atoms with Gasteiger partial charge in [0.2, 0.25) is 0 Å². The second-order valence-corrected chi connectivity index (χ2v) is 13.4. The molecule has 1 heterocycles. The van der Waals surface area contributed by atoms with Crippen molar-refractivity contribution in [3.05, 3.63) is 24.3 Å². The fourth-order valence-electron chi connectivity index (χ4n) is 2.51. The van der Waals surface area contributed by atoms with Crippen molar-refractivity contribution in [3.63, 3.8) is 0 Å². The van der Waals surface area contributed by atoms with Crippen molar-refractivity contribution in [2.45, 2.75) is 95.9 Å². The molecule has 0 aromatic heterocycles. The Labute approximate surface area is 159 Å².